The molecular formula is C10H16O4Si. The van der Waals surface area contributed by atoms with Crippen LogP contribution in [0.5, 0.6) is 0 Å². The fraction of sp³-hybridized carbons (Fsp3) is 0.600. The topological polar surface area (TPSA) is 36.9 Å². The highest BCUT2D eigenvalue weighted by atomic mass is 28.4. The van der Waals surface area contributed by atoms with Gasteiger partial charge in [-0.1, -0.05) is 24.3 Å². The molecule has 2 aliphatic heterocycles. The summed E-state index contributed by atoms with van der Waals surface area (Å²) < 4.78 is 22.5. The first-order chi connectivity index (χ1) is 7.41. The maximum atomic E-state index is 5.63. The van der Waals surface area contributed by atoms with Crippen LogP contribution < -0.4 is 0 Å². The lowest BCUT2D eigenvalue weighted by Crippen LogP contribution is -2.50. The van der Waals surface area contributed by atoms with E-state index in [4.69, 9.17) is 17.7 Å². The summed E-state index contributed by atoms with van der Waals surface area (Å²) in [7, 11) is -2.84. The molecule has 0 aliphatic carbocycles. The Bertz CT molecular complexity index is 226. The third-order valence-electron chi connectivity index (χ3n) is 2.17. The molecule has 84 valence electrons. The molecule has 0 aromatic rings. The smallest absolute Gasteiger partial charge is 0.351 e. The molecular weight excluding hydrogens is 212 g/mol. The average molecular weight is 228 g/mol. The zero-order valence-electron chi connectivity index (χ0n) is 8.69. The normalized spacial score (nSPS) is 35.2. The SMILES string of the molecule is C1=CCO[Si]2(OC/C=C\CCO2)OCC1. The average Bonchev–Trinajstić information content (AvgIpc) is 2.15. The maximum absolute atomic E-state index is 5.63. The Morgan fingerprint density at radius 3 is 1.73 bits per heavy atom. The van der Waals surface area contributed by atoms with Gasteiger partial charge in [0.1, 0.15) is 0 Å². The molecule has 2 aliphatic rings. The molecule has 0 aromatic heterocycles. The van der Waals surface area contributed by atoms with Crippen LogP contribution in [-0.2, 0) is 17.7 Å². The van der Waals surface area contributed by atoms with Crippen molar-refractivity contribution in [3.63, 3.8) is 0 Å². The number of hydrogen-bond donors (Lipinski definition) is 0. The van der Waals surface area contributed by atoms with E-state index in [9.17, 15) is 0 Å². The Kier molecular flexibility index (Phi) is 4.10. The van der Waals surface area contributed by atoms with E-state index in [1.807, 2.05) is 24.3 Å². The standard InChI is InChI=1S/C10H16O4Si/c1-3-7-11-15(12-8-4-1)13-9-5-2-6-10-14-15/h1-3,5H,4,6-10H2/b3-1-,5-2?. The summed E-state index contributed by atoms with van der Waals surface area (Å²) in [4.78, 5) is 0. The summed E-state index contributed by atoms with van der Waals surface area (Å²) >= 11 is 0. The first-order valence-corrected chi connectivity index (χ1v) is 6.90. The van der Waals surface area contributed by atoms with Crippen LogP contribution in [0.25, 0.3) is 0 Å². The van der Waals surface area contributed by atoms with Gasteiger partial charge in [0.25, 0.3) is 0 Å². The van der Waals surface area contributed by atoms with E-state index in [1.165, 1.54) is 0 Å². The quantitative estimate of drug-likeness (QED) is 0.464. The summed E-state index contributed by atoms with van der Waals surface area (Å²) in [6.07, 6.45) is 9.84. The molecule has 1 atom stereocenters. The highest BCUT2D eigenvalue weighted by Crippen LogP contribution is 2.16. The van der Waals surface area contributed by atoms with Crippen molar-refractivity contribution in [1.82, 2.24) is 0 Å². The minimum absolute atomic E-state index is 0.510. The van der Waals surface area contributed by atoms with Crippen molar-refractivity contribution in [2.24, 2.45) is 0 Å². The molecule has 1 unspecified atom stereocenters. The van der Waals surface area contributed by atoms with Crippen LogP contribution in [0.2, 0.25) is 0 Å². The lowest BCUT2D eigenvalue weighted by atomic mass is 10.4. The van der Waals surface area contributed by atoms with Gasteiger partial charge in [0.05, 0.1) is 13.2 Å². The predicted molar refractivity (Wildman–Crippen MR) is 57.1 cm³/mol. The summed E-state index contributed by atoms with van der Waals surface area (Å²) in [6.45, 7) is 2.23. The Morgan fingerprint density at radius 1 is 0.667 bits per heavy atom. The van der Waals surface area contributed by atoms with Gasteiger partial charge in [-0.25, -0.2) is 0 Å². The molecule has 0 bridgehead atoms. The summed E-state index contributed by atoms with van der Waals surface area (Å²) in [5.41, 5.74) is 0. The highest BCUT2D eigenvalue weighted by molar-refractivity contribution is 6.53. The molecule has 5 heteroatoms. The molecule has 0 amide bonds. The summed E-state index contributed by atoms with van der Waals surface area (Å²) in [6, 6.07) is 0. The number of hydrogen-bond acceptors (Lipinski definition) is 4. The zero-order chi connectivity index (χ0) is 10.4. The van der Waals surface area contributed by atoms with Gasteiger partial charge >= 0.3 is 9.05 Å². The van der Waals surface area contributed by atoms with E-state index < -0.39 is 9.05 Å². The minimum Gasteiger partial charge on any atom is -0.351 e. The van der Waals surface area contributed by atoms with Gasteiger partial charge in [0.15, 0.2) is 0 Å². The van der Waals surface area contributed by atoms with Gasteiger partial charge in [-0.05, 0) is 12.8 Å². The van der Waals surface area contributed by atoms with Gasteiger partial charge in [-0.2, -0.15) is 0 Å². The first kappa shape index (κ1) is 11.0. The second-order valence-corrected chi connectivity index (χ2v) is 5.49. The number of rotatable bonds is 0. The molecule has 2 heterocycles. The van der Waals surface area contributed by atoms with E-state index in [0.717, 1.165) is 12.8 Å². The van der Waals surface area contributed by atoms with Crippen molar-refractivity contribution in [2.45, 2.75) is 12.8 Å². The molecule has 0 saturated heterocycles. The summed E-state index contributed by atoms with van der Waals surface area (Å²) in [5.74, 6) is 0. The Morgan fingerprint density at radius 2 is 1.20 bits per heavy atom. The van der Waals surface area contributed by atoms with Crippen molar-refractivity contribution in [1.29, 1.82) is 0 Å². The minimum atomic E-state index is -2.84. The fourth-order valence-corrected chi connectivity index (χ4v) is 3.26. The predicted octanol–water partition coefficient (Wildman–Crippen LogP) is 1.41. The van der Waals surface area contributed by atoms with Crippen LogP contribution >= 0.6 is 0 Å². The van der Waals surface area contributed by atoms with Crippen molar-refractivity contribution >= 4 is 9.05 Å². The van der Waals surface area contributed by atoms with Gasteiger partial charge in [-0.15, -0.1) is 0 Å². The second kappa shape index (κ2) is 5.57. The van der Waals surface area contributed by atoms with Crippen molar-refractivity contribution in [3.8, 4) is 0 Å². The molecule has 1 spiro atoms. The van der Waals surface area contributed by atoms with Crippen LogP contribution in [-0.4, -0.2) is 35.5 Å². The van der Waals surface area contributed by atoms with Crippen LogP contribution in [0, 0.1) is 0 Å². The molecule has 0 aromatic carbocycles. The van der Waals surface area contributed by atoms with Crippen LogP contribution in [0.4, 0.5) is 0 Å². The third-order valence-corrected chi connectivity index (χ3v) is 4.33. The van der Waals surface area contributed by atoms with Gasteiger partial charge < -0.3 is 17.7 Å². The third kappa shape index (κ3) is 3.25. The van der Waals surface area contributed by atoms with Crippen LogP contribution in [0.3, 0.4) is 0 Å². The van der Waals surface area contributed by atoms with Crippen LogP contribution in [0.1, 0.15) is 12.8 Å². The Hall–Kier alpha value is -0.463. The van der Waals surface area contributed by atoms with E-state index >= 15 is 0 Å². The van der Waals surface area contributed by atoms with Gasteiger partial charge in [0.2, 0.25) is 0 Å². The second-order valence-electron chi connectivity index (χ2n) is 3.34. The van der Waals surface area contributed by atoms with Crippen molar-refractivity contribution in [3.05, 3.63) is 24.3 Å². The van der Waals surface area contributed by atoms with E-state index in [-0.39, 0.29) is 0 Å². The van der Waals surface area contributed by atoms with E-state index in [2.05, 4.69) is 0 Å². The molecule has 2 rings (SSSR count). The monoisotopic (exact) mass is 228 g/mol. The van der Waals surface area contributed by atoms with Gasteiger partial charge in [-0.3, -0.25) is 0 Å². The van der Waals surface area contributed by atoms with Gasteiger partial charge in [0, 0.05) is 13.2 Å². The maximum Gasteiger partial charge on any atom is 0.680 e. The zero-order valence-corrected chi connectivity index (χ0v) is 9.69. The fourth-order valence-electron chi connectivity index (χ4n) is 1.43. The first-order valence-electron chi connectivity index (χ1n) is 5.27. The summed E-state index contributed by atoms with van der Waals surface area (Å²) in [5, 5.41) is 0. The molecule has 0 fully saturated rings. The van der Waals surface area contributed by atoms with E-state index in [1.54, 1.807) is 0 Å². The molecule has 4 nitrogen and oxygen atoms in total. The highest BCUT2D eigenvalue weighted by Gasteiger charge is 2.45. The Labute approximate surface area is 91.0 Å². The van der Waals surface area contributed by atoms with E-state index in [0.29, 0.717) is 26.4 Å². The van der Waals surface area contributed by atoms with Crippen molar-refractivity contribution < 1.29 is 17.7 Å². The molecule has 15 heavy (non-hydrogen) atoms. The van der Waals surface area contributed by atoms with Crippen LogP contribution in [0.15, 0.2) is 24.3 Å². The van der Waals surface area contributed by atoms with Crippen molar-refractivity contribution in [2.75, 3.05) is 26.4 Å². The largest absolute Gasteiger partial charge is 0.680 e. The lowest BCUT2D eigenvalue weighted by Gasteiger charge is -2.28. The Balaban J connectivity index is 2.00. The lowest BCUT2D eigenvalue weighted by molar-refractivity contribution is -0.0256. The molecule has 0 radical (unpaired) electrons. The molecule has 0 saturated carbocycles. The molecule has 0 N–H and O–H groups in total.